The molecule has 1 N–H and O–H groups in total. The molecule has 0 aliphatic heterocycles. The maximum absolute atomic E-state index is 10.8. The second kappa shape index (κ2) is 5.24. The summed E-state index contributed by atoms with van der Waals surface area (Å²) in [4.78, 5) is 15.1. The summed E-state index contributed by atoms with van der Waals surface area (Å²) in [6.07, 6.45) is 0.789. The minimum absolute atomic E-state index is 0.209. The van der Waals surface area contributed by atoms with Gasteiger partial charge in [0.25, 0.3) is 5.89 Å². The first-order valence-corrected chi connectivity index (χ1v) is 6.44. The number of nitrogens with zero attached hydrogens (tertiary/aromatic N) is 2. The number of aromatic nitrogens is 2. The van der Waals surface area contributed by atoms with Crippen LogP contribution in [0.15, 0.2) is 45.3 Å². The topological polar surface area (TPSA) is 89.4 Å². The van der Waals surface area contributed by atoms with Crippen molar-refractivity contribution in [1.29, 1.82) is 0 Å². The molecular weight excluding hydrogens is 272 g/mol. The lowest BCUT2D eigenvalue weighted by Crippen LogP contribution is -1.95. The Morgan fingerprint density at radius 1 is 1.19 bits per heavy atom. The number of hydrogen-bond acceptors (Lipinski definition) is 5. The minimum Gasteiger partial charge on any atom is -0.478 e. The van der Waals surface area contributed by atoms with Gasteiger partial charge in [0.15, 0.2) is 5.76 Å². The van der Waals surface area contributed by atoms with Crippen molar-refractivity contribution in [3.8, 4) is 23.0 Å². The summed E-state index contributed by atoms with van der Waals surface area (Å²) in [5.74, 6) is 1.07. The Labute approximate surface area is 120 Å². The van der Waals surface area contributed by atoms with E-state index in [-0.39, 0.29) is 5.56 Å². The van der Waals surface area contributed by atoms with E-state index >= 15 is 0 Å². The monoisotopic (exact) mass is 284 g/mol. The van der Waals surface area contributed by atoms with E-state index in [0.29, 0.717) is 23.0 Å². The zero-order chi connectivity index (χ0) is 14.8. The summed E-state index contributed by atoms with van der Waals surface area (Å²) < 4.78 is 10.7. The van der Waals surface area contributed by atoms with Crippen molar-refractivity contribution in [2.75, 3.05) is 0 Å². The number of carboxylic acids is 1. The highest BCUT2D eigenvalue weighted by atomic mass is 16.5. The third-order valence-corrected chi connectivity index (χ3v) is 3.04. The second-order valence-corrected chi connectivity index (χ2v) is 4.43. The largest absolute Gasteiger partial charge is 0.478 e. The van der Waals surface area contributed by atoms with Crippen LogP contribution in [0.25, 0.3) is 23.0 Å². The molecule has 3 rings (SSSR count). The van der Waals surface area contributed by atoms with E-state index in [1.165, 1.54) is 12.1 Å². The van der Waals surface area contributed by atoms with Crippen molar-refractivity contribution in [3.05, 3.63) is 47.7 Å². The molecule has 106 valence electrons. The molecule has 0 aliphatic rings. The van der Waals surface area contributed by atoms with Crippen LogP contribution in [0, 0.1) is 0 Å². The van der Waals surface area contributed by atoms with Gasteiger partial charge in [-0.2, -0.15) is 4.98 Å². The Morgan fingerprint density at radius 3 is 2.57 bits per heavy atom. The number of carbonyl (C=O) groups is 1. The van der Waals surface area contributed by atoms with Gasteiger partial charge in [-0.15, -0.1) is 0 Å². The molecule has 0 spiro atoms. The summed E-state index contributed by atoms with van der Waals surface area (Å²) in [7, 11) is 0. The van der Waals surface area contributed by atoms with Gasteiger partial charge in [-0.1, -0.05) is 24.2 Å². The number of rotatable bonds is 4. The van der Waals surface area contributed by atoms with Crippen LogP contribution in [-0.4, -0.2) is 21.2 Å². The molecule has 2 aromatic heterocycles. The number of benzene rings is 1. The molecule has 0 saturated carbocycles. The highest BCUT2D eigenvalue weighted by Crippen LogP contribution is 2.24. The van der Waals surface area contributed by atoms with Crippen LogP contribution in [0.5, 0.6) is 0 Å². The summed E-state index contributed by atoms with van der Waals surface area (Å²) in [6.45, 7) is 1.99. The van der Waals surface area contributed by atoms with Gasteiger partial charge in [-0.3, -0.25) is 0 Å². The van der Waals surface area contributed by atoms with Crippen LogP contribution in [0.2, 0.25) is 0 Å². The molecule has 0 bridgehead atoms. The van der Waals surface area contributed by atoms with E-state index in [9.17, 15) is 4.79 Å². The molecule has 3 aromatic rings. The first-order chi connectivity index (χ1) is 10.2. The first-order valence-electron chi connectivity index (χ1n) is 6.44. The van der Waals surface area contributed by atoms with Crippen molar-refractivity contribution in [3.63, 3.8) is 0 Å². The predicted molar refractivity (Wildman–Crippen MR) is 73.8 cm³/mol. The van der Waals surface area contributed by atoms with Crippen molar-refractivity contribution in [2.45, 2.75) is 13.3 Å². The lowest BCUT2D eigenvalue weighted by molar-refractivity contribution is 0.0697. The Bertz CT molecular complexity index is 771. The first kappa shape index (κ1) is 13.1. The van der Waals surface area contributed by atoms with Crippen LogP contribution >= 0.6 is 0 Å². The SMILES string of the molecule is CCc1ccc(-c2nc(-c3ccc(C(=O)O)cc3)no2)o1. The zero-order valence-electron chi connectivity index (χ0n) is 11.2. The smallest absolute Gasteiger partial charge is 0.335 e. The highest BCUT2D eigenvalue weighted by molar-refractivity contribution is 5.88. The maximum Gasteiger partial charge on any atom is 0.335 e. The number of hydrogen-bond donors (Lipinski definition) is 1. The molecule has 2 heterocycles. The fourth-order valence-electron chi connectivity index (χ4n) is 1.89. The van der Waals surface area contributed by atoms with Gasteiger partial charge in [0.05, 0.1) is 5.56 Å². The number of aryl methyl sites for hydroxylation is 1. The van der Waals surface area contributed by atoms with Crippen molar-refractivity contribution in [2.24, 2.45) is 0 Å². The number of aromatic carboxylic acids is 1. The van der Waals surface area contributed by atoms with Crippen molar-refractivity contribution in [1.82, 2.24) is 10.1 Å². The van der Waals surface area contributed by atoms with Gasteiger partial charge in [0.1, 0.15) is 5.76 Å². The number of furan rings is 1. The molecule has 1 aromatic carbocycles. The fraction of sp³-hybridized carbons (Fsp3) is 0.133. The molecule has 0 radical (unpaired) electrons. The van der Waals surface area contributed by atoms with Crippen LogP contribution < -0.4 is 0 Å². The fourth-order valence-corrected chi connectivity index (χ4v) is 1.89. The van der Waals surface area contributed by atoms with E-state index in [1.54, 1.807) is 18.2 Å². The summed E-state index contributed by atoms with van der Waals surface area (Å²) in [5.41, 5.74) is 0.887. The van der Waals surface area contributed by atoms with Gasteiger partial charge in [-0.25, -0.2) is 4.79 Å². The third-order valence-electron chi connectivity index (χ3n) is 3.04. The molecule has 0 saturated heterocycles. The van der Waals surface area contributed by atoms with E-state index in [1.807, 2.05) is 13.0 Å². The van der Waals surface area contributed by atoms with Crippen LogP contribution in [0.3, 0.4) is 0 Å². The predicted octanol–water partition coefficient (Wildman–Crippen LogP) is 3.26. The third kappa shape index (κ3) is 2.55. The Kier molecular flexibility index (Phi) is 3.27. The Morgan fingerprint density at radius 2 is 1.95 bits per heavy atom. The van der Waals surface area contributed by atoms with Crippen LogP contribution in [0.1, 0.15) is 23.0 Å². The minimum atomic E-state index is -0.974. The highest BCUT2D eigenvalue weighted by Gasteiger charge is 2.14. The van der Waals surface area contributed by atoms with E-state index in [4.69, 9.17) is 14.0 Å². The molecule has 0 atom stereocenters. The van der Waals surface area contributed by atoms with Gasteiger partial charge in [-0.05, 0) is 24.3 Å². The summed E-state index contributed by atoms with van der Waals surface area (Å²) >= 11 is 0. The molecular formula is C15H12N2O4. The van der Waals surface area contributed by atoms with Gasteiger partial charge in [0.2, 0.25) is 5.82 Å². The van der Waals surface area contributed by atoms with E-state index in [2.05, 4.69) is 10.1 Å². The lowest BCUT2D eigenvalue weighted by atomic mass is 10.1. The van der Waals surface area contributed by atoms with E-state index < -0.39 is 5.97 Å². The van der Waals surface area contributed by atoms with Gasteiger partial charge in [0, 0.05) is 12.0 Å². The number of carboxylic acid groups (broad SMARTS) is 1. The molecule has 0 fully saturated rings. The molecule has 0 amide bonds. The zero-order valence-corrected chi connectivity index (χ0v) is 11.2. The Balaban J connectivity index is 1.88. The molecule has 0 aliphatic carbocycles. The Hall–Kier alpha value is -2.89. The molecule has 6 nitrogen and oxygen atoms in total. The van der Waals surface area contributed by atoms with E-state index in [0.717, 1.165) is 12.2 Å². The molecule has 0 unspecified atom stereocenters. The van der Waals surface area contributed by atoms with Crippen LogP contribution in [-0.2, 0) is 6.42 Å². The second-order valence-electron chi connectivity index (χ2n) is 4.43. The maximum atomic E-state index is 10.8. The standard InChI is InChI=1S/C15H12N2O4/c1-2-11-7-8-12(20-11)14-16-13(17-21-14)9-3-5-10(6-4-9)15(18)19/h3-8H,2H2,1H3,(H,18,19). The lowest BCUT2D eigenvalue weighted by Gasteiger charge is -1.95. The van der Waals surface area contributed by atoms with Gasteiger partial charge < -0.3 is 14.0 Å². The quantitative estimate of drug-likeness (QED) is 0.790. The van der Waals surface area contributed by atoms with Gasteiger partial charge >= 0.3 is 5.97 Å². The van der Waals surface area contributed by atoms with Crippen LogP contribution in [0.4, 0.5) is 0 Å². The normalized spacial score (nSPS) is 10.7. The van der Waals surface area contributed by atoms with Crippen molar-refractivity contribution < 1.29 is 18.8 Å². The van der Waals surface area contributed by atoms with Crippen molar-refractivity contribution >= 4 is 5.97 Å². The molecule has 21 heavy (non-hydrogen) atoms. The summed E-state index contributed by atoms with van der Waals surface area (Å²) in [5, 5.41) is 12.7. The molecule has 6 heteroatoms. The average molecular weight is 284 g/mol. The summed E-state index contributed by atoms with van der Waals surface area (Å²) in [6, 6.07) is 9.91. The average Bonchev–Trinajstić information content (AvgIpc) is 3.16.